The highest BCUT2D eigenvalue weighted by molar-refractivity contribution is 5.97. The van der Waals surface area contributed by atoms with Crippen LogP contribution in [-0.2, 0) is 14.3 Å². The lowest BCUT2D eigenvalue weighted by Crippen LogP contribution is -2.51. The van der Waals surface area contributed by atoms with Crippen LogP contribution in [0.2, 0.25) is 0 Å². The molecular formula is C20H21N3O7. The number of para-hydroxylation sites is 3. The number of hydrogen-bond donors (Lipinski definition) is 4. The Hall–Kier alpha value is -3.79. The Kier molecular flexibility index (Phi) is 7.06. The molecule has 4 N–H and O–H groups in total. The van der Waals surface area contributed by atoms with E-state index in [-0.39, 0.29) is 25.3 Å². The predicted molar refractivity (Wildman–Crippen MR) is 105 cm³/mol. The molecule has 158 valence electrons. The molecule has 0 bridgehead atoms. The molecule has 0 aliphatic carbocycles. The summed E-state index contributed by atoms with van der Waals surface area (Å²) in [5.74, 6) is -1.10. The van der Waals surface area contributed by atoms with E-state index in [1.165, 1.54) is 6.07 Å². The average molecular weight is 415 g/mol. The van der Waals surface area contributed by atoms with Crippen molar-refractivity contribution in [3.63, 3.8) is 0 Å². The van der Waals surface area contributed by atoms with Crippen molar-refractivity contribution in [1.29, 1.82) is 0 Å². The maximum Gasteiger partial charge on any atom is 0.340 e. The van der Waals surface area contributed by atoms with E-state index >= 15 is 0 Å². The molecule has 1 aliphatic heterocycles. The van der Waals surface area contributed by atoms with Gasteiger partial charge in [-0.05, 0) is 24.3 Å². The summed E-state index contributed by atoms with van der Waals surface area (Å²) in [6, 6.07) is 13.5. The maximum absolute atomic E-state index is 12.2. The first-order chi connectivity index (χ1) is 14.6. The van der Waals surface area contributed by atoms with Crippen LogP contribution in [-0.4, -0.2) is 55.4 Å². The van der Waals surface area contributed by atoms with Gasteiger partial charge in [0, 0.05) is 12.2 Å². The third-order valence-corrected chi connectivity index (χ3v) is 4.03. The van der Waals surface area contributed by atoms with E-state index in [1.807, 2.05) is 0 Å². The van der Waals surface area contributed by atoms with Crippen molar-refractivity contribution in [2.75, 3.05) is 31.7 Å². The number of rotatable bonds is 7. The van der Waals surface area contributed by atoms with Crippen LogP contribution in [0, 0.1) is 0 Å². The highest BCUT2D eigenvalue weighted by atomic mass is 16.6. The molecule has 1 heterocycles. The predicted octanol–water partition coefficient (Wildman–Crippen LogP) is 0.235. The Morgan fingerprint density at radius 1 is 1.03 bits per heavy atom. The summed E-state index contributed by atoms with van der Waals surface area (Å²) < 4.78 is 15.9. The van der Waals surface area contributed by atoms with Crippen LogP contribution >= 0.6 is 0 Å². The van der Waals surface area contributed by atoms with Gasteiger partial charge < -0.3 is 24.6 Å². The molecule has 2 aromatic rings. The molecule has 10 nitrogen and oxygen atoms in total. The van der Waals surface area contributed by atoms with Gasteiger partial charge in [-0.2, -0.15) is 0 Å². The van der Waals surface area contributed by atoms with Gasteiger partial charge in [-0.3, -0.25) is 20.4 Å². The zero-order valence-electron chi connectivity index (χ0n) is 15.9. The quantitative estimate of drug-likeness (QED) is 0.373. The Balaban J connectivity index is 1.44. The van der Waals surface area contributed by atoms with Gasteiger partial charge in [0.05, 0.1) is 12.2 Å². The van der Waals surface area contributed by atoms with Gasteiger partial charge in [0.1, 0.15) is 6.61 Å². The van der Waals surface area contributed by atoms with Gasteiger partial charge in [-0.25, -0.2) is 4.79 Å². The first-order valence-corrected chi connectivity index (χ1v) is 9.16. The zero-order valence-corrected chi connectivity index (χ0v) is 15.9. The summed E-state index contributed by atoms with van der Waals surface area (Å²) in [6.45, 7) is -0.454. The number of amides is 2. The molecule has 30 heavy (non-hydrogen) atoms. The van der Waals surface area contributed by atoms with Gasteiger partial charge in [-0.1, -0.05) is 24.3 Å². The first kappa shape index (κ1) is 20.9. The Morgan fingerprint density at radius 2 is 1.77 bits per heavy atom. The Labute approximate surface area is 172 Å². The van der Waals surface area contributed by atoms with Crippen LogP contribution in [0.15, 0.2) is 48.5 Å². The number of carbonyl (C=O) groups excluding carboxylic acids is 3. The topological polar surface area (TPSA) is 135 Å². The van der Waals surface area contributed by atoms with E-state index in [0.29, 0.717) is 17.2 Å². The number of esters is 1. The van der Waals surface area contributed by atoms with Crippen molar-refractivity contribution < 1.29 is 33.7 Å². The summed E-state index contributed by atoms with van der Waals surface area (Å²) in [6.07, 6.45) is -0.938. The van der Waals surface area contributed by atoms with Gasteiger partial charge in [0.2, 0.25) is 6.10 Å². The molecule has 1 atom stereocenters. The van der Waals surface area contributed by atoms with E-state index < -0.39 is 30.5 Å². The number of benzene rings is 2. The summed E-state index contributed by atoms with van der Waals surface area (Å²) in [5, 5.41) is 11.8. The van der Waals surface area contributed by atoms with Crippen LogP contribution < -0.4 is 25.6 Å². The lowest BCUT2D eigenvalue weighted by atomic mass is 10.2. The van der Waals surface area contributed by atoms with Crippen LogP contribution in [0.25, 0.3) is 0 Å². The van der Waals surface area contributed by atoms with Crippen LogP contribution in [0.4, 0.5) is 5.69 Å². The fourth-order valence-corrected chi connectivity index (χ4v) is 2.61. The number of anilines is 1. The van der Waals surface area contributed by atoms with Gasteiger partial charge in [-0.15, -0.1) is 0 Å². The van der Waals surface area contributed by atoms with Crippen molar-refractivity contribution in [2.24, 2.45) is 0 Å². The second-order valence-electron chi connectivity index (χ2n) is 6.17. The smallest absolute Gasteiger partial charge is 0.340 e. The van der Waals surface area contributed by atoms with Crippen molar-refractivity contribution in [2.45, 2.75) is 6.10 Å². The fraction of sp³-hybridized carbons (Fsp3) is 0.250. The summed E-state index contributed by atoms with van der Waals surface area (Å²) >= 11 is 0. The highest BCUT2D eigenvalue weighted by Crippen LogP contribution is 2.30. The van der Waals surface area contributed by atoms with E-state index in [4.69, 9.17) is 19.3 Å². The minimum absolute atomic E-state index is 0.00860. The minimum Gasteiger partial charge on any atom is -0.485 e. The number of hydrogen-bond acceptors (Lipinski definition) is 8. The van der Waals surface area contributed by atoms with E-state index in [0.717, 1.165) is 0 Å². The molecule has 3 rings (SSSR count). The Bertz CT molecular complexity index is 919. The SMILES string of the molecule is O=C(COC(=O)c1ccccc1NCCO)NNC(=O)[C@@H]1COc2ccccc2O1. The molecule has 2 amide bonds. The molecule has 0 fully saturated rings. The number of ether oxygens (including phenoxy) is 3. The van der Waals surface area contributed by atoms with Crippen molar-refractivity contribution >= 4 is 23.5 Å². The van der Waals surface area contributed by atoms with Crippen molar-refractivity contribution in [1.82, 2.24) is 10.9 Å². The monoisotopic (exact) mass is 415 g/mol. The molecule has 0 aromatic heterocycles. The molecule has 0 radical (unpaired) electrons. The maximum atomic E-state index is 12.2. The molecule has 0 unspecified atom stereocenters. The van der Waals surface area contributed by atoms with Crippen molar-refractivity contribution in [3.8, 4) is 11.5 Å². The standard InChI is InChI=1S/C20H21N3O7/c24-10-9-21-14-6-2-1-5-13(14)20(27)29-12-18(25)22-23-19(26)17-11-28-15-7-3-4-8-16(15)30-17/h1-8,17,21,24H,9-12H2,(H,22,25)(H,23,26)/t17-/m0/s1. The minimum atomic E-state index is -0.938. The Morgan fingerprint density at radius 3 is 2.57 bits per heavy atom. The summed E-state index contributed by atoms with van der Waals surface area (Å²) in [5.41, 5.74) is 5.06. The van der Waals surface area contributed by atoms with E-state index in [2.05, 4.69) is 16.2 Å². The number of hydrazine groups is 1. The largest absolute Gasteiger partial charge is 0.485 e. The molecule has 0 saturated heterocycles. The number of aliphatic hydroxyl groups is 1. The average Bonchev–Trinajstić information content (AvgIpc) is 2.79. The molecule has 2 aromatic carbocycles. The summed E-state index contributed by atoms with van der Waals surface area (Å²) in [4.78, 5) is 36.3. The third-order valence-electron chi connectivity index (χ3n) is 4.03. The van der Waals surface area contributed by atoms with Crippen molar-refractivity contribution in [3.05, 3.63) is 54.1 Å². The van der Waals surface area contributed by atoms with Crippen LogP contribution in [0.1, 0.15) is 10.4 Å². The lowest BCUT2D eigenvalue weighted by Gasteiger charge is -2.25. The van der Waals surface area contributed by atoms with Crippen LogP contribution in [0.3, 0.4) is 0 Å². The number of nitrogens with one attached hydrogen (secondary N) is 3. The number of fused-ring (bicyclic) bond motifs is 1. The zero-order chi connectivity index (χ0) is 21.3. The molecule has 1 aliphatic rings. The number of carbonyl (C=O) groups is 3. The normalized spacial score (nSPS) is 14.4. The molecule has 0 spiro atoms. The second kappa shape index (κ2) is 10.1. The summed E-state index contributed by atoms with van der Waals surface area (Å²) in [7, 11) is 0. The lowest BCUT2D eigenvalue weighted by molar-refractivity contribution is -0.135. The highest BCUT2D eigenvalue weighted by Gasteiger charge is 2.27. The number of aliphatic hydroxyl groups excluding tert-OH is 1. The van der Waals surface area contributed by atoms with Gasteiger partial charge >= 0.3 is 5.97 Å². The molecular weight excluding hydrogens is 394 g/mol. The van der Waals surface area contributed by atoms with E-state index in [1.54, 1.807) is 42.5 Å². The molecule has 10 heteroatoms. The molecule has 0 saturated carbocycles. The third kappa shape index (κ3) is 5.39. The fourth-order valence-electron chi connectivity index (χ4n) is 2.61. The first-order valence-electron chi connectivity index (χ1n) is 9.16. The van der Waals surface area contributed by atoms with Crippen LogP contribution in [0.5, 0.6) is 11.5 Å². The van der Waals surface area contributed by atoms with E-state index in [9.17, 15) is 14.4 Å². The van der Waals surface area contributed by atoms with Gasteiger partial charge in [0.25, 0.3) is 11.8 Å². The van der Waals surface area contributed by atoms with Gasteiger partial charge in [0.15, 0.2) is 18.1 Å². The second-order valence-corrected chi connectivity index (χ2v) is 6.17.